The van der Waals surface area contributed by atoms with Gasteiger partial charge in [0, 0.05) is 57.9 Å². The van der Waals surface area contributed by atoms with Gasteiger partial charge in [-0.3, -0.25) is 19.5 Å². The van der Waals surface area contributed by atoms with Gasteiger partial charge in [-0.1, -0.05) is 44.2 Å². The van der Waals surface area contributed by atoms with Crippen molar-refractivity contribution in [3.05, 3.63) is 53.3 Å². The van der Waals surface area contributed by atoms with Crippen molar-refractivity contribution in [3.8, 4) is 0 Å². The Morgan fingerprint density at radius 1 is 1.13 bits per heavy atom. The Morgan fingerprint density at radius 2 is 1.83 bits per heavy atom. The molecule has 6 heteroatoms. The number of piperazine rings is 1. The normalized spacial score (nSPS) is 20.5. The molecule has 1 aliphatic carbocycles. The third-order valence-corrected chi connectivity index (χ3v) is 5.56. The van der Waals surface area contributed by atoms with Crippen LogP contribution in [0.3, 0.4) is 0 Å². The number of benzene rings is 1. The molecule has 160 valence electrons. The predicted molar refractivity (Wildman–Crippen MR) is 120 cm³/mol. The van der Waals surface area contributed by atoms with Gasteiger partial charge < -0.3 is 10.0 Å². The molecule has 0 bridgehead atoms. The summed E-state index contributed by atoms with van der Waals surface area (Å²) in [5.74, 6) is 0.150. The monoisotopic (exact) mass is 409 g/mol. The van der Waals surface area contributed by atoms with Gasteiger partial charge in [0.2, 0.25) is 5.91 Å². The van der Waals surface area contributed by atoms with E-state index in [4.69, 9.17) is 0 Å². The molecule has 0 saturated carbocycles. The first kappa shape index (κ1) is 22.0. The van der Waals surface area contributed by atoms with Crippen molar-refractivity contribution in [1.82, 2.24) is 9.80 Å². The second-order valence-electron chi connectivity index (χ2n) is 8.75. The highest BCUT2D eigenvalue weighted by molar-refractivity contribution is 6.14. The van der Waals surface area contributed by atoms with Gasteiger partial charge in [0.05, 0.1) is 12.1 Å². The highest BCUT2D eigenvalue weighted by atomic mass is 16.3. The first-order valence-electron chi connectivity index (χ1n) is 10.5. The number of hydrogen-bond acceptors (Lipinski definition) is 5. The largest absolute Gasteiger partial charge is 0.511 e. The van der Waals surface area contributed by atoms with E-state index < -0.39 is 0 Å². The molecule has 1 aromatic rings. The second kappa shape index (κ2) is 9.85. The lowest BCUT2D eigenvalue weighted by atomic mass is 9.77. The van der Waals surface area contributed by atoms with Crippen molar-refractivity contribution in [3.63, 3.8) is 0 Å². The summed E-state index contributed by atoms with van der Waals surface area (Å²) in [6.45, 7) is 8.31. The van der Waals surface area contributed by atoms with Gasteiger partial charge in [0.1, 0.15) is 5.76 Å². The number of amides is 1. The van der Waals surface area contributed by atoms with Crippen LogP contribution in [0.15, 0.2) is 52.7 Å². The molecule has 0 spiro atoms. The third-order valence-electron chi connectivity index (χ3n) is 5.56. The summed E-state index contributed by atoms with van der Waals surface area (Å²) < 4.78 is 0. The number of ketones is 1. The van der Waals surface area contributed by atoms with E-state index in [0.717, 1.165) is 25.2 Å². The van der Waals surface area contributed by atoms with Crippen molar-refractivity contribution in [2.75, 3.05) is 39.3 Å². The van der Waals surface area contributed by atoms with Crippen LogP contribution in [0.25, 0.3) is 6.08 Å². The molecule has 2 aliphatic rings. The first-order valence-corrected chi connectivity index (χ1v) is 10.5. The number of carbonyl (C=O) groups excluding carboxylic acids is 2. The van der Waals surface area contributed by atoms with Crippen LogP contribution in [-0.4, -0.2) is 72.1 Å². The Morgan fingerprint density at radius 3 is 2.50 bits per heavy atom. The van der Waals surface area contributed by atoms with Crippen LogP contribution in [0.4, 0.5) is 0 Å². The Labute approximate surface area is 178 Å². The van der Waals surface area contributed by atoms with E-state index >= 15 is 0 Å². The average Bonchev–Trinajstić information content (AvgIpc) is 2.71. The van der Waals surface area contributed by atoms with Gasteiger partial charge in [-0.05, 0) is 17.1 Å². The highest BCUT2D eigenvalue weighted by Crippen LogP contribution is 2.35. The van der Waals surface area contributed by atoms with E-state index in [1.54, 1.807) is 6.08 Å². The molecule has 0 atom stereocenters. The number of hydrogen-bond donors (Lipinski definition) is 1. The molecule has 0 unspecified atom stereocenters. The van der Waals surface area contributed by atoms with Crippen LogP contribution in [0.2, 0.25) is 0 Å². The van der Waals surface area contributed by atoms with E-state index in [-0.39, 0.29) is 22.9 Å². The Kier molecular flexibility index (Phi) is 7.21. The van der Waals surface area contributed by atoms with Crippen molar-refractivity contribution in [1.29, 1.82) is 0 Å². The second-order valence-corrected chi connectivity index (χ2v) is 8.75. The summed E-state index contributed by atoms with van der Waals surface area (Å²) >= 11 is 0. The van der Waals surface area contributed by atoms with E-state index in [2.05, 4.69) is 9.89 Å². The van der Waals surface area contributed by atoms with Gasteiger partial charge in [0.15, 0.2) is 5.78 Å². The molecule has 0 aromatic heterocycles. The number of Topliss-reactive ketones (excluding diaryl/α,β-unsaturated/α-hetero) is 1. The number of rotatable bonds is 6. The molecule has 0 radical (unpaired) electrons. The Bertz CT molecular complexity index is 848. The fraction of sp³-hybridized carbons (Fsp3) is 0.458. The summed E-state index contributed by atoms with van der Waals surface area (Å²) in [5.41, 5.74) is 1.18. The molecular formula is C24H31N3O3. The van der Waals surface area contributed by atoms with E-state index in [9.17, 15) is 14.7 Å². The lowest BCUT2D eigenvalue weighted by Crippen LogP contribution is -2.48. The van der Waals surface area contributed by atoms with Crippen molar-refractivity contribution in [2.24, 2.45) is 10.4 Å². The maximum absolute atomic E-state index is 12.4. The van der Waals surface area contributed by atoms with Crippen molar-refractivity contribution in [2.45, 2.75) is 26.7 Å². The Balaban J connectivity index is 1.41. The number of carbonyl (C=O) groups is 2. The fourth-order valence-electron chi connectivity index (χ4n) is 3.83. The topological polar surface area (TPSA) is 73.2 Å². The first-order chi connectivity index (χ1) is 14.3. The highest BCUT2D eigenvalue weighted by Gasteiger charge is 2.32. The third kappa shape index (κ3) is 6.13. The number of aliphatic imine (C=N–C) groups is 1. The zero-order chi connectivity index (χ0) is 21.6. The minimum Gasteiger partial charge on any atom is -0.511 e. The maximum atomic E-state index is 12.4. The van der Waals surface area contributed by atoms with Gasteiger partial charge in [0.25, 0.3) is 0 Å². The number of nitrogens with zero attached hydrogens (tertiary/aromatic N) is 3. The minimum atomic E-state index is -0.189. The van der Waals surface area contributed by atoms with Gasteiger partial charge in [-0.15, -0.1) is 0 Å². The molecule has 6 nitrogen and oxygen atoms in total. The quantitative estimate of drug-likeness (QED) is 0.579. The van der Waals surface area contributed by atoms with E-state index in [0.29, 0.717) is 38.0 Å². The van der Waals surface area contributed by atoms with Crippen LogP contribution in [0, 0.1) is 5.41 Å². The summed E-state index contributed by atoms with van der Waals surface area (Å²) in [5, 5.41) is 10.1. The standard InChI is InChI=1S/C24H31N3O3/c1-24(2)16-21(28)20(22(29)17-24)18-25-10-11-26-12-14-27(15-13-26)23(30)9-8-19-6-4-3-5-7-19/h3-9,18,28H,10-17H2,1-2H3/b9-8-,25-18?. The van der Waals surface area contributed by atoms with E-state index in [1.165, 1.54) is 6.21 Å². The number of aliphatic hydroxyl groups excluding tert-OH is 1. The molecule has 1 N–H and O–H groups in total. The smallest absolute Gasteiger partial charge is 0.246 e. The van der Waals surface area contributed by atoms with Crippen LogP contribution in [0.1, 0.15) is 32.3 Å². The molecule has 1 aliphatic heterocycles. The van der Waals surface area contributed by atoms with Gasteiger partial charge in [-0.2, -0.15) is 0 Å². The number of allylic oxidation sites excluding steroid dienone is 2. The summed E-state index contributed by atoms with van der Waals surface area (Å²) in [6.07, 6.45) is 5.96. The van der Waals surface area contributed by atoms with Crippen molar-refractivity contribution >= 4 is 24.0 Å². The number of aliphatic hydroxyl groups is 1. The van der Waals surface area contributed by atoms with Crippen LogP contribution < -0.4 is 0 Å². The predicted octanol–water partition coefficient (Wildman–Crippen LogP) is 3.12. The van der Waals surface area contributed by atoms with Crippen LogP contribution in [-0.2, 0) is 9.59 Å². The molecule has 1 amide bonds. The molecule has 1 saturated heterocycles. The molecule has 1 aromatic carbocycles. The molecule has 30 heavy (non-hydrogen) atoms. The van der Waals surface area contributed by atoms with E-state index in [1.807, 2.05) is 55.2 Å². The lowest BCUT2D eigenvalue weighted by molar-refractivity contribution is -0.127. The zero-order valence-electron chi connectivity index (χ0n) is 17.9. The van der Waals surface area contributed by atoms with Gasteiger partial charge >= 0.3 is 0 Å². The average molecular weight is 410 g/mol. The van der Waals surface area contributed by atoms with Crippen LogP contribution >= 0.6 is 0 Å². The Hall–Kier alpha value is -2.73. The molecule has 1 heterocycles. The summed E-state index contributed by atoms with van der Waals surface area (Å²) in [7, 11) is 0. The molecular weight excluding hydrogens is 378 g/mol. The van der Waals surface area contributed by atoms with Crippen LogP contribution in [0.5, 0.6) is 0 Å². The zero-order valence-corrected chi connectivity index (χ0v) is 17.9. The van der Waals surface area contributed by atoms with Gasteiger partial charge in [-0.25, -0.2) is 0 Å². The minimum absolute atomic E-state index is 0.0387. The maximum Gasteiger partial charge on any atom is 0.246 e. The summed E-state index contributed by atoms with van der Waals surface area (Å²) in [4.78, 5) is 33.0. The SMILES string of the molecule is CC1(C)CC(=O)C(C=NCCN2CCN(C(=O)/C=C\c3ccccc3)CC2)=C(O)C1. The summed E-state index contributed by atoms with van der Waals surface area (Å²) in [6, 6.07) is 9.80. The fourth-order valence-corrected chi connectivity index (χ4v) is 3.83. The lowest BCUT2D eigenvalue weighted by Gasteiger charge is -2.33. The molecule has 1 fully saturated rings. The molecule has 3 rings (SSSR count). The van der Waals surface area contributed by atoms with Crippen molar-refractivity contribution < 1.29 is 14.7 Å².